The van der Waals surface area contributed by atoms with E-state index in [9.17, 15) is 9.90 Å². The number of aliphatic imine (C=N–C) groups is 1. The lowest BCUT2D eigenvalue weighted by Gasteiger charge is -2.11. The third-order valence-corrected chi connectivity index (χ3v) is 5.66. The Labute approximate surface area is 188 Å². The van der Waals surface area contributed by atoms with E-state index in [2.05, 4.69) is 38.1 Å². The molecule has 0 aliphatic heterocycles. The molecule has 0 radical (unpaired) electrons. The molecule has 0 aliphatic rings. The van der Waals surface area contributed by atoms with Crippen molar-refractivity contribution in [1.82, 2.24) is 4.57 Å². The van der Waals surface area contributed by atoms with Gasteiger partial charge in [-0.15, -0.1) is 0 Å². The summed E-state index contributed by atoms with van der Waals surface area (Å²) in [6.07, 6.45) is 0.432. The van der Waals surface area contributed by atoms with Crippen molar-refractivity contribution in [3.63, 3.8) is 0 Å². The van der Waals surface area contributed by atoms with Gasteiger partial charge in [-0.3, -0.25) is 14.4 Å². The van der Waals surface area contributed by atoms with Gasteiger partial charge in [0.2, 0.25) is 5.88 Å². The largest absolute Gasteiger partial charge is 0.494 e. The van der Waals surface area contributed by atoms with Crippen molar-refractivity contribution >= 4 is 22.4 Å². The van der Waals surface area contributed by atoms with Crippen LogP contribution >= 0.6 is 0 Å². The number of carbonyl (C=O) groups excluding carboxylic acids is 1. The lowest BCUT2D eigenvalue weighted by atomic mass is 10.0. The second kappa shape index (κ2) is 8.83. The van der Waals surface area contributed by atoms with Gasteiger partial charge in [-0.2, -0.15) is 0 Å². The van der Waals surface area contributed by atoms with Crippen LogP contribution in [0.15, 0.2) is 71.7 Å². The van der Waals surface area contributed by atoms with Gasteiger partial charge in [0, 0.05) is 23.1 Å². The van der Waals surface area contributed by atoms with E-state index in [1.165, 1.54) is 0 Å². The number of Topliss-reactive ketones (excluding diaryl/α,β-unsaturated/α-hetero) is 1. The van der Waals surface area contributed by atoms with Crippen LogP contribution in [-0.4, -0.2) is 27.7 Å². The molecular formula is C28H28N2O2. The molecule has 162 valence electrons. The molecule has 1 aromatic heterocycles. The summed E-state index contributed by atoms with van der Waals surface area (Å²) in [4.78, 5) is 16.8. The Bertz CT molecular complexity index is 1310. The summed E-state index contributed by atoms with van der Waals surface area (Å²) in [5.41, 5.74) is 7.31. The zero-order valence-electron chi connectivity index (χ0n) is 19.0. The third-order valence-electron chi connectivity index (χ3n) is 5.66. The van der Waals surface area contributed by atoms with Crippen LogP contribution in [0.2, 0.25) is 0 Å². The van der Waals surface area contributed by atoms with Crippen molar-refractivity contribution < 1.29 is 9.90 Å². The third kappa shape index (κ3) is 4.09. The SMILES string of the molecule is CCC(=O)CN=C(c1ccccc1)c1c(O)n(-c2cc(C)cc(C)c2)c2cc(C)ccc12. The maximum Gasteiger partial charge on any atom is 0.206 e. The zero-order valence-corrected chi connectivity index (χ0v) is 19.0. The van der Waals surface area contributed by atoms with E-state index < -0.39 is 0 Å². The molecule has 0 aliphatic carbocycles. The van der Waals surface area contributed by atoms with Gasteiger partial charge < -0.3 is 5.11 Å². The molecule has 0 bridgehead atoms. The molecular weight excluding hydrogens is 396 g/mol. The normalized spacial score (nSPS) is 11.8. The molecule has 3 aromatic carbocycles. The Balaban J connectivity index is 2.05. The van der Waals surface area contributed by atoms with Gasteiger partial charge in [0.1, 0.15) is 0 Å². The Morgan fingerprint density at radius 1 is 0.906 bits per heavy atom. The van der Waals surface area contributed by atoms with Crippen molar-refractivity contribution in [3.05, 3.63) is 94.5 Å². The van der Waals surface area contributed by atoms with Gasteiger partial charge in [0.15, 0.2) is 5.78 Å². The lowest BCUT2D eigenvalue weighted by Crippen LogP contribution is -2.08. The first-order valence-corrected chi connectivity index (χ1v) is 10.9. The second-order valence-electron chi connectivity index (χ2n) is 8.32. The molecule has 0 fully saturated rings. The minimum Gasteiger partial charge on any atom is -0.494 e. The minimum atomic E-state index is 0.0619. The molecule has 0 atom stereocenters. The van der Waals surface area contributed by atoms with E-state index >= 15 is 0 Å². The summed E-state index contributed by atoms with van der Waals surface area (Å²) in [7, 11) is 0. The average Bonchev–Trinajstić information content (AvgIpc) is 3.05. The van der Waals surface area contributed by atoms with Gasteiger partial charge in [-0.25, -0.2) is 0 Å². The fourth-order valence-corrected chi connectivity index (χ4v) is 4.15. The summed E-state index contributed by atoms with van der Waals surface area (Å²) in [5, 5.41) is 12.5. The van der Waals surface area contributed by atoms with Crippen LogP contribution in [0, 0.1) is 20.8 Å². The predicted octanol–water partition coefficient (Wildman–Crippen LogP) is 6.08. The molecule has 0 saturated heterocycles. The maximum atomic E-state index is 12.1. The summed E-state index contributed by atoms with van der Waals surface area (Å²) in [5.74, 6) is 0.189. The number of hydrogen-bond donors (Lipinski definition) is 1. The van der Waals surface area contributed by atoms with Crippen molar-refractivity contribution in [2.24, 2.45) is 4.99 Å². The van der Waals surface area contributed by atoms with Crippen LogP contribution in [-0.2, 0) is 4.79 Å². The zero-order chi connectivity index (χ0) is 22.8. The van der Waals surface area contributed by atoms with E-state index in [1.54, 1.807) is 0 Å². The molecule has 0 amide bonds. The highest BCUT2D eigenvalue weighted by atomic mass is 16.3. The Morgan fingerprint density at radius 2 is 1.59 bits per heavy atom. The second-order valence-corrected chi connectivity index (χ2v) is 8.32. The number of benzene rings is 3. The van der Waals surface area contributed by atoms with E-state index in [4.69, 9.17) is 4.99 Å². The Kier molecular flexibility index (Phi) is 5.95. The number of fused-ring (bicyclic) bond motifs is 1. The average molecular weight is 425 g/mol. The van der Waals surface area contributed by atoms with Gasteiger partial charge in [0.05, 0.1) is 23.3 Å². The first kappa shape index (κ1) is 21.6. The fourth-order valence-electron chi connectivity index (χ4n) is 4.15. The number of rotatable bonds is 6. The van der Waals surface area contributed by atoms with E-state index in [-0.39, 0.29) is 18.2 Å². The molecule has 4 rings (SSSR count). The molecule has 4 heteroatoms. The number of aromatic hydroxyl groups is 1. The van der Waals surface area contributed by atoms with Gasteiger partial charge in [-0.1, -0.05) is 55.5 Å². The molecule has 1 heterocycles. The minimum absolute atomic E-state index is 0.0619. The summed E-state index contributed by atoms with van der Waals surface area (Å²) >= 11 is 0. The Hall–Kier alpha value is -3.66. The summed E-state index contributed by atoms with van der Waals surface area (Å²) < 4.78 is 1.89. The van der Waals surface area contributed by atoms with E-state index in [0.29, 0.717) is 17.7 Å². The van der Waals surface area contributed by atoms with Crippen LogP contribution in [0.25, 0.3) is 16.6 Å². The number of aryl methyl sites for hydroxylation is 3. The Morgan fingerprint density at radius 3 is 2.25 bits per heavy atom. The standard InChI is InChI=1S/C28H28N2O2/c1-5-23(31)17-29-27(21-9-7-6-8-10-21)26-24-12-11-18(2)16-25(24)30(28(26)32)22-14-19(3)13-20(4)15-22/h6-16,32H,5,17H2,1-4H3. The highest BCUT2D eigenvalue weighted by molar-refractivity contribution is 6.22. The van der Waals surface area contributed by atoms with Crippen molar-refractivity contribution in [2.75, 3.05) is 6.54 Å². The van der Waals surface area contributed by atoms with Crippen molar-refractivity contribution in [1.29, 1.82) is 0 Å². The molecule has 0 saturated carbocycles. The van der Waals surface area contributed by atoms with Crippen molar-refractivity contribution in [2.45, 2.75) is 34.1 Å². The van der Waals surface area contributed by atoms with Crippen LogP contribution in [0.5, 0.6) is 5.88 Å². The number of carbonyl (C=O) groups is 1. The van der Waals surface area contributed by atoms with Crippen LogP contribution in [0.4, 0.5) is 0 Å². The maximum absolute atomic E-state index is 12.1. The van der Waals surface area contributed by atoms with Crippen LogP contribution < -0.4 is 0 Å². The van der Waals surface area contributed by atoms with Gasteiger partial charge in [0.25, 0.3) is 0 Å². The molecule has 0 spiro atoms. The van der Waals surface area contributed by atoms with E-state index in [1.807, 2.05) is 60.9 Å². The van der Waals surface area contributed by atoms with Gasteiger partial charge in [-0.05, 0) is 55.7 Å². The summed E-state index contributed by atoms with van der Waals surface area (Å²) in [6, 6.07) is 22.1. The predicted molar refractivity (Wildman–Crippen MR) is 131 cm³/mol. The number of ketones is 1. The number of nitrogens with zero attached hydrogens (tertiary/aromatic N) is 2. The number of hydrogen-bond acceptors (Lipinski definition) is 3. The molecule has 4 aromatic rings. The monoisotopic (exact) mass is 424 g/mol. The quantitative estimate of drug-likeness (QED) is 0.382. The first-order valence-electron chi connectivity index (χ1n) is 10.9. The lowest BCUT2D eigenvalue weighted by molar-refractivity contribution is -0.117. The topological polar surface area (TPSA) is 54.6 Å². The molecule has 32 heavy (non-hydrogen) atoms. The summed E-state index contributed by atoms with van der Waals surface area (Å²) in [6.45, 7) is 8.08. The van der Waals surface area contributed by atoms with Crippen LogP contribution in [0.3, 0.4) is 0 Å². The molecule has 4 nitrogen and oxygen atoms in total. The highest BCUT2D eigenvalue weighted by Gasteiger charge is 2.23. The van der Waals surface area contributed by atoms with Crippen molar-refractivity contribution in [3.8, 4) is 11.6 Å². The smallest absolute Gasteiger partial charge is 0.206 e. The number of aromatic nitrogens is 1. The molecule has 0 unspecified atom stereocenters. The van der Waals surface area contributed by atoms with E-state index in [0.717, 1.165) is 38.8 Å². The first-order chi connectivity index (χ1) is 15.4. The van der Waals surface area contributed by atoms with Crippen LogP contribution in [0.1, 0.15) is 41.2 Å². The fraction of sp³-hybridized carbons (Fsp3) is 0.214. The van der Waals surface area contributed by atoms with Gasteiger partial charge >= 0.3 is 0 Å². The molecule has 1 N–H and O–H groups in total. The highest BCUT2D eigenvalue weighted by Crippen LogP contribution is 2.37.